The predicted molar refractivity (Wildman–Crippen MR) is 191 cm³/mol. The van der Waals surface area contributed by atoms with Gasteiger partial charge in [-0.2, -0.15) is 0 Å². The summed E-state index contributed by atoms with van der Waals surface area (Å²) in [7, 11) is 0. The molecule has 3 aromatic carbocycles. The van der Waals surface area contributed by atoms with Crippen molar-refractivity contribution in [2.24, 2.45) is 0 Å². The summed E-state index contributed by atoms with van der Waals surface area (Å²) in [6, 6.07) is 18.6. The SMILES string of the molecule is CCCCNC(=O)[C@@H]1Cc2ccc(cc2)OC/C=C\c2cccc(c2)OCCCc2c(-c3ccc(F)cc3)ncn2CC(=O)N[C@@H](CO)C(=O)N1. The number of halogens is 1. The second-order valence-electron chi connectivity index (χ2n) is 12.3. The van der Waals surface area contributed by atoms with Crippen molar-refractivity contribution in [2.75, 3.05) is 26.4 Å². The van der Waals surface area contributed by atoms with Crippen LogP contribution in [0.15, 0.2) is 85.2 Å². The van der Waals surface area contributed by atoms with Crippen LogP contribution < -0.4 is 25.4 Å². The number of amides is 3. The summed E-state index contributed by atoms with van der Waals surface area (Å²) in [5.74, 6) is -0.636. The molecule has 4 bridgehead atoms. The smallest absolute Gasteiger partial charge is 0.245 e. The Bertz CT molecular complexity index is 1790. The number of nitrogens with zero attached hydrogens (tertiary/aromatic N) is 2. The van der Waals surface area contributed by atoms with Gasteiger partial charge in [0.1, 0.15) is 42.6 Å². The third kappa shape index (κ3) is 10.7. The average Bonchev–Trinajstić information content (AvgIpc) is 3.52. The molecular weight excluding hydrogens is 653 g/mol. The van der Waals surface area contributed by atoms with E-state index in [0.29, 0.717) is 55.4 Å². The summed E-state index contributed by atoms with van der Waals surface area (Å²) < 4.78 is 27.3. The molecule has 12 heteroatoms. The van der Waals surface area contributed by atoms with Crippen molar-refractivity contribution < 1.29 is 33.4 Å². The number of fused-ring (bicyclic) bond motifs is 14. The zero-order chi connectivity index (χ0) is 36.0. The van der Waals surface area contributed by atoms with Crippen LogP contribution >= 0.6 is 0 Å². The molecule has 4 N–H and O–H groups in total. The van der Waals surface area contributed by atoms with Gasteiger partial charge >= 0.3 is 0 Å². The van der Waals surface area contributed by atoms with E-state index < -0.39 is 30.5 Å². The number of ether oxygens (including phenoxy) is 2. The van der Waals surface area contributed by atoms with Gasteiger partial charge in [0.05, 0.1) is 25.2 Å². The van der Waals surface area contributed by atoms with E-state index in [4.69, 9.17) is 9.47 Å². The Morgan fingerprint density at radius 2 is 1.84 bits per heavy atom. The van der Waals surface area contributed by atoms with Crippen LogP contribution in [0.4, 0.5) is 4.39 Å². The first kappa shape index (κ1) is 36.8. The van der Waals surface area contributed by atoms with Crippen LogP contribution in [-0.4, -0.2) is 70.8 Å². The molecule has 0 spiro atoms. The Morgan fingerprint density at radius 1 is 1.04 bits per heavy atom. The fraction of sp³-hybridized carbons (Fsp3) is 0.333. The molecule has 0 unspecified atom stereocenters. The largest absolute Gasteiger partial charge is 0.494 e. The molecule has 4 aromatic rings. The minimum Gasteiger partial charge on any atom is -0.494 e. The maximum atomic E-state index is 13.7. The van der Waals surface area contributed by atoms with Gasteiger partial charge in [0.25, 0.3) is 0 Å². The lowest BCUT2D eigenvalue weighted by Gasteiger charge is -2.22. The summed E-state index contributed by atoms with van der Waals surface area (Å²) in [6.07, 6.45) is 8.29. The summed E-state index contributed by atoms with van der Waals surface area (Å²) in [5, 5.41) is 18.3. The lowest BCUT2D eigenvalue weighted by molar-refractivity contribution is -0.133. The average molecular weight is 698 g/mol. The van der Waals surface area contributed by atoms with E-state index in [2.05, 4.69) is 20.9 Å². The van der Waals surface area contributed by atoms with Crippen molar-refractivity contribution in [3.8, 4) is 22.8 Å². The lowest BCUT2D eigenvalue weighted by Crippen LogP contribution is -2.56. The van der Waals surface area contributed by atoms with Gasteiger partial charge in [0, 0.05) is 24.2 Å². The first-order valence-electron chi connectivity index (χ1n) is 17.2. The number of aliphatic hydroxyl groups is 1. The fourth-order valence-electron chi connectivity index (χ4n) is 5.66. The summed E-state index contributed by atoms with van der Waals surface area (Å²) in [4.78, 5) is 44.5. The molecule has 2 aliphatic heterocycles. The third-order valence-corrected chi connectivity index (χ3v) is 8.38. The quantitative estimate of drug-likeness (QED) is 0.221. The van der Waals surface area contributed by atoms with E-state index in [9.17, 15) is 23.9 Å². The van der Waals surface area contributed by atoms with Crippen molar-refractivity contribution >= 4 is 23.8 Å². The highest BCUT2D eigenvalue weighted by Crippen LogP contribution is 2.24. The normalized spacial score (nSPS) is 18.1. The number of carbonyl (C=O) groups excluding carboxylic acids is 3. The number of hydrogen-bond donors (Lipinski definition) is 4. The highest BCUT2D eigenvalue weighted by atomic mass is 19.1. The number of imidazole rings is 1. The number of unbranched alkanes of at least 4 members (excludes halogenated alkanes) is 1. The van der Waals surface area contributed by atoms with Gasteiger partial charge in [-0.25, -0.2) is 9.37 Å². The number of rotatable bonds is 6. The molecule has 1 aromatic heterocycles. The molecule has 0 aliphatic carbocycles. The van der Waals surface area contributed by atoms with Crippen molar-refractivity contribution in [1.82, 2.24) is 25.5 Å². The molecule has 2 aliphatic rings. The third-order valence-electron chi connectivity index (χ3n) is 8.38. The maximum Gasteiger partial charge on any atom is 0.245 e. The topological polar surface area (TPSA) is 144 Å². The lowest BCUT2D eigenvalue weighted by atomic mass is 10.0. The molecule has 3 amide bonds. The van der Waals surface area contributed by atoms with Crippen LogP contribution in [-0.2, 0) is 33.8 Å². The summed E-state index contributed by atoms with van der Waals surface area (Å²) >= 11 is 0. The molecule has 0 saturated carbocycles. The molecule has 11 nitrogen and oxygen atoms in total. The molecule has 0 radical (unpaired) electrons. The van der Waals surface area contributed by atoms with E-state index in [1.165, 1.54) is 18.5 Å². The summed E-state index contributed by atoms with van der Waals surface area (Å²) in [5.41, 5.74) is 3.74. The van der Waals surface area contributed by atoms with Crippen LogP contribution in [0.1, 0.15) is 43.0 Å². The van der Waals surface area contributed by atoms with E-state index in [1.54, 1.807) is 28.8 Å². The van der Waals surface area contributed by atoms with Gasteiger partial charge in [-0.1, -0.05) is 43.7 Å². The number of benzene rings is 3. The molecule has 0 fully saturated rings. The van der Waals surface area contributed by atoms with Crippen molar-refractivity contribution in [1.29, 1.82) is 0 Å². The molecule has 3 heterocycles. The van der Waals surface area contributed by atoms with Crippen LogP contribution in [0.5, 0.6) is 11.5 Å². The van der Waals surface area contributed by atoms with Gasteiger partial charge in [0.15, 0.2) is 0 Å². The molecule has 6 rings (SSSR count). The standard InChI is InChI=1S/C39H44FN5O6/c1-2-3-19-41-38(48)33-23-28-11-17-31(18-12-28)50-20-5-8-27-7-4-9-32(22-27)51-21-6-10-35-37(29-13-15-30(40)16-14-29)42-26-45(35)24-36(47)43-34(25-46)39(49)44-33/h4-5,7-9,11-18,22,26,33-34,46H,2-3,6,10,19-21,23-25H2,1H3,(H,41,48)(H,43,47)(H,44,49)/b8-5-/t33-,34-/m0/s1. The van der Waals surface area contributed by atoms with Crippen molar-refractivity contribution in [3.63, 3.8) is 0 Å². The van der Waals surface area contributed by atoms with Gasteiger partial charge in [-0.05, 0) is 85.0 Å². The Hall–Kier alpha value is -5.49. The Balaban J connectivity index is 1.41. The number of hydrogen-bond acceptors (Lipinski definition) is 7. The van der Waals surface area contributed by atoms with Crippen LogP contribution in [0.2, 0.25) is 0 Å². The van der Waals surface area contributed by atoms with Crippen LogP contribution in [0.3, 0.4) is 0 Å². The monoisotopic (exact) mass is 697 g/mol. The number of aromatic nitrogens is 2. The van der Waals surface area contributed by atoms with Crippen LogP contribution in [0.25, 0.3) is 17.3 Å². The van der Waals surface area contributed by atoms with E-state index >= 15 is 0 Å². The van der Waals surface area contributed by atoms with Crippen molar-refractivity contribution in [2.45, 2.75) is 57.7 Å². The minimum absolute atomic E-state index is 0.180. The first-order valence-corrected chi connectivity index (χ1v) is 17.2. The molecular formula is C39H44FN5O6. The van der Waals surface area contributed by atoms with Gasteiger partial charge in [-0.15, -0.1) is 0 Å². The highest BCUT2D eigenvalue weighted by Gasteiger charge is 2.27. The van der Waals surface area contributed by atoms with Gasteiger partial charge in [0.2, 0.25) is 17.7 Å². The number of aliphatic hydroxyl groups excluding tert-OH is 1. The zero-order valence-corrected chi connectivity index (χ0v) is 28.6. The Labute approximate surface area is 296 Å². The molecule has 51 heavy (non-hydrogen) atoms. The van der Waals surface area contributed by atoms with E-state index in [-0.39, 0.29) is 24.7 Å². The molecule has 268 valence electrons. The van der Waals surface area contributed by atoms with Gasteiger partial charge < -0.3 is 35.1 Å². The fourth-order valence-corrected chi connectivity index (χ4v) is 5.66. The predicted octanol–water partition coefficient (Wildman–Crippen LogP) is 4.23. The highest BCUT2D eigenvalue weighted by molar-refractivity contribution is 5.92. The first-order chi connectivity index (χ1) is 24.8. The van der Waals surface area contributed by atoms with E-state index in [0.717, 1.165) is 29.7 Å². The van der Waals surface area contributed by atoms with Crippen LogP contribution in [0, 0.1) is 5.82 Å². The number of carbonyl (C=O) groups is 3. The van der Waals surface area contributed by atoms with Gasteiger partial charge in [-0.3, -0.25) is 14.4 Å². The van der Waals surface area contributed by atoms with E-state index in [1.807, 2.05) is 55.5 Å². The number of nitrogens with one attached hydrogen (secondary N) is 3. The summed E-state index contributed by atoms with van der Waals surface area (Å²) in [6.45, 7) is 2.30. The molecule has 0 saturated heterocycles. The maximum absolute atomic E-state index is 13.7. The zero-order valence-electron chi connectivity index (χ0n) is 28.6. The Kier molecular flexibility index (Phi) is 13.3. The Morgan fingerprint density at radius 3 is 2.61 bits per heavy atom. The second-order valence-corrected chi connectivity index (χ2v) is 12.3. The molecule has 2 atom stereocenters. The van der Waals surface area contributed by atoms with Crippen molar-refractivity contribution in [3.05, 3.63) is 108 Å². The second kappa shape index (κ2) is 18.5. The minimum atomic E-state index is -1.31.